The molecule has 0 radical (unpaired) electrons. The first kappa shape index (κ1) is 15.8. The molecule has 2 aliphatic rings. The molecule has 1 heterocycles. The predicted molar refractivity (Wildman–Crippen MR) is 96.2 cm³/mol. The lowest BCUT2D eigenvalue weighted by Gasteiger charge is -2.50. The van der Waals surface area contributed by atoms with E-state index in [0.717, 1.165) is 24.2 Å². The molecule has 0 N–H and O–H groups in total. The smallest absolute Gasteiger partial charge is 0.226 e. The summed E-state index contributed by atoms with van der Waals surface area (Å²) in [6.45, 7) is 13.6. The van der Waals surface area contributed by atoms with E-state index in [9.17, 15) is 4.79 Å². The van der Waals surface area contributed by atoms with Gasteiger partial charge in [-0.3, -0.25) is 0 Å². The SMILES string of the molecule is [C-]#[N+]C1=C[C@]2(C)c3c(cnn3-c3ccccc3)CC[C@H]2C(C)(C)C1=O. The van der Waals surface area contributed by atoms with Crippen molar-refractivity contribution in [1.29, 1.82) is 0 Å². The van der Waals surface area contributed by atoms with Crippen LogP contribution in [0.2, 0.25) is 0 Å². The van der Waals surface area contributed by atoms with Crippen molar-refractivity contribution in [1.82, 2.24) is 9.78 Å². The largest absolute Gasteiger partial charge is 0.307 e. The highest BCUT2D eigenvalue weighted by atomic mass is 16.1. The van der Waals surface area contributed by atoms with Gasteiger partial charge in [0.15, 0.2) is 5.78 Å². The van der Waals surface area contributed by atoms with Crippen LogP contribution < -0.4 is 0 Å². The fraction of sp³-hybridized carbons (Fsp3) is 0.381. The minimum absolute atomic E-state index is 0.0285. The number of hydrogen-bond donors (Lipinski definition) is 0. The van der Waals surface area contributed by atoms with Crippen molar-refractivity contribution in [2.75, 3.05) is 0 Å². The zero-order valence-corrected chi connectivity index (χ0v) is 14.8. The molecule has 126 valence electrons. The fourth-order valence-corrected chi connectivity index (χ4v) is 4.87. The van der Waals surface area contributed by atoms with Crippen molar-refractivity contribution in [2.24, 2.45) is 11.3 Å². The van der Waals surface area contributed by atoms with Crippen molar-refractivity contribution in [2.45, 2.75) is 39.0 Å². The highest BCUT2D eigenvalue weighted by Crippen LogP contribution is 2.55. The summed E-state index contributed by atoms with van der Waals surface area (Å²) in [6, 6.07) is 10.1. The number of rotatable bonds is 1. The van der Waals surface area contributed by atoms with Crippen molar-refractivity contribution in [3.8, 4) is 5.69 Å². The van der Waals surface area contributed by atoms with Gasteiger partial charge in [0, 0.05) is 10.8 Å². The predicted octanol–water partition coefficient (Wildman–Crippen LogP) is 4.10. The van der Waals surface area contributed by atoms with Gasteiger partial charge in [-0.05, 0) is 36.5 Å². The van der Waals surface area contributed by atoms with E-state index in [1.807, 2.05) is 61.1 Å². The lowest BCUT2D eigenvalue weighted by molar-refractivity contribution is -0.128. The monoisotopic (exact) mass is 331 g/mol. The van der Waals surface area contributed by atoms with Crippen molar-refractivity contribution < 1.29 is 4.79 Å². The van der Waals surface area contributed by atoms with Crippen LogP contribution in [0.1, 0.15) is 38.4 Å². The second-order valence-corrected chi connectivity index (χ2v) is 7.83. The summed E-state index contributed by atoms with van der Waals surface area (Å²) in [5, 5.41) is 4.65. The van der Waals surface area contributed by atoms with Gasteiger partial charge in [0.2, 0.25) is 5.70 Å². The molecule has 0 bridgehead atoms. The van der Waals surface area contributed by atoms with E-state index in [1.165, 1.54) is 5.56 Å². The Morgan fingerprint density at radius 2 is 1.96 bits per heavy atom. The lowest BCUT2D eigenvalue weighted by Crippen LogP contribution is -2.51. The van der Waals surface area contributed by atoms with Gasteiger partial charge in [-0.25, -0.2) is 9.53 Å². The van der Waals surface area contributed by atoms with Gasteiger partial charge < -0.3 is 4.79 Å². The maximum atomic E-state index is 12.8. The van der Waals surface area contributed by atoms with Crippen LogP contribution in [0.25, 0.3) is 10.5 Å². The summed E-state index contributed by atoms with van der Waals surface area (Å²) in [6.07, 6.45) is 5.70. The summed E-state index contributed by atoms with van der Waals surface area (Å²) in [5.41, 5.74) is 2.69. The number of para-hydroxylation sites is 1. The molecule has 0 unspecified atom stereocenters. The molecule has 1 aromatic heterocycles. The van der Waals surface area contributed by atoms with E-state index in [0.29, 0.717) is 0 Å². The molecule has 4 nitrogen and oxygen atoms in total. The number of fused-ring (bicyclic) bond motifs is 3. The van der Waals surface area contributed by atoms with Gasteiger partial charge in [0.25, 0.3) is 0 Å². The van der Waals surface area contributed by atoms with Gasteiger partial charge in [-0.1, -0.05) is 45.0 Å². The van der Waals surface area contributed by atoms with Crippen molar-refractivity contribution in [3.05, 3.63) is 71.0 Å². The maximum absolute atomic E-state index is 12.8. The number of benzene rings is 1. The molecule has 0 saturated heterocycles. The third-order valence-electron chi connectivity index (χ3n) is 6.03. The Morgan fingerprint density at radius 3 is 2.64 bits per heavy atom. The van der Waals surface area contributed by atoms with Crippen LogP contribution in [0.3, 0.4) is 0 Å². The molecule has 4 heteroatoms. The first-order valence-electron chi connectivity index (χ1n) is 8.67. The quantitative estimate of drug-likeness (QED) is 0.738. The number of carbonyl (C=O) groups is 1. The number of aryl methyl sites for hydroxylation is 1. The lowest BCUT2D eigenvalue weighted by atomic mass is 9.53. The first-order chi connectivity index (χ1) is 11.9. The molecule has 0 aliphatic heterocycles. The van der Waals surface area contributed by atoms with E-state index in [2.05, 4.69) is 16.9 Å². The molecule has 2 aliphatic carbocycles. The molecule has 0 spiro atoms. The number of ketones is 1. The molecule has 2 aromatic rings. The van der Waals surface area contributed by atoms with Crippen LogP contribution in [0.15, 0.2) is 48.3 Å². The van der Waals surface area contributed by atoms with Crippen molar-refractivity contribution >= 4 is 5.78 Å². The maximum Gasteiger partial charge on any atom is 0.226 e. The Bertz CT molecular complexity index is 930. The fourth-order valence-electron chi connectivity index (χ4n) is 4.87. The Labute approximate surface area is 148 Å². The zero-order chi connectivity index (χ0) is 17.8. The molecular weight excluding hydrogens is 310 g/mol. The molecule has 1 aromatic carbocycles. The minimum atomic E-state index is -0.549. The summed E-state index contributed by atoms with van der Waals surface area (Å²) >= 11 is 0. The number of aromatic nitrogens is 2. The number of Topliss-reactive ketones (excluding diaryl/α,β-unsaturated/α-hetero) is 1. The van der Waals surface area contributed by atoms with Crippen LogP contribution >= 0.6 is 0 Å². The van der Waals surface area contributed by atoms with E-state index >= 15 is 0 Å². The van der Waals surface area contributed by atoms with Crippen molar-refractivity contribution in [3.63, 3.8) is 0 Å². The third kappa shape index (κ3) is 2.05. The highest BCUT2D eigenvalue weighted by Gasteiger charge is 2.55. The molecule has 0 fully saturated rings. The van der Waals surface area contributed by atoms with Gasteiger partial charge >= 0.3 is 0 Å². The highest BCUT2D eigenvalue weighted by molar-refractivity contribution is 6.02. The second-order valence-electron chi connectivity index (χ2n) is 7.83. The average molecular weight is 331 g/mol. The molecule has 0 saturated carbocycles. The Hall–Kier alpha value is -2.67. The summed E-state index contributed by atoms with van der Waals surface area (Å²) in [5.74, 6) is 0.129. The van der Waals surface area contributed by atoms with Crippen LogP contribution in [-0.2, 0) is 16.6 Å². The Balaban J connectivity index is 1.99. The summed E-state index contributed by atoms with van der Waals surface area (Å²) < 4.78 is 1.99. The normalized spacial score (nSPS) is 27.0. The molecule has 4 rings (SSSR count). The molecule has 0 amide bonds. The number of allylic oxidation sites excluding steroid dienone is 2. The van der Waals surface area contributed by atoms with Crippen LogP contribution in [0.4, 0.5) is 0 Å². The van der Waals surface area contributed by atoms with Gasteiger partial charge in [-0.2, -0.15) is 5.10 Å². The van der Waals surface area contributed by atoms with E-state index in [1.54, 1.807) is 0 Å². The first-order valence-corrected chi connectivity index (χ1v) is 8.67. The zero-order valence-electron chi connectivity index (χ0n) is 14.8. The Kier molecular flexibility index (Phi) is 3.27. The number of carbonyl (C=O) groups excluding carboxylic acids is 1. The van der Waals surface area contributed by atoms with Crippen LogP contribution in [0.5, 0.6) is 0 Å². The molecular formula is C21H21N3O. The van der Waals surface area contributed by atoms with E-state index in [-0.39, 0.29) is 22.8 Å². The average Bonchev–Trinajstić information content (AvgIpc) is 3.04. The third-order valence-corrected chi connectivity index (χ3v) is 6.03. The summed E-state index contributed by atoms with van der Waals surface area (Å²) in [4.78, 5) is 16.3. The van der Waals surface area contributed by atoms with Crippen LogP contribution in [-0.4, -0.2) is 15.6 Å². The van der Waals surface area contributed by atoms with Gasteiger partial charge in [-0.15, -0.1) is 0 Å². The van der Waals surface area contributed by atoms with E-state index < -0.39 is 5.41 Å². The Morgan fingerprint density at radius 1 is 1.24 bits per heavy atom. The molecule has 2 atom stereocenters. The summed E-state index contributed by atoms with van der Waals surface area (Å²) in [7, 11) is 0. The molecule has 25 heavy (non-hydrogen) atoms. The second kappa shape index (κ2) is 5.16. The number of nitrogens with zero attached hydrogens (tertiary/aromatic N) is 3. The van der Waals surface area contributed by atoms with E-state index in [4.69, 9.17) is 6.57 Å². The van der Waals surface area contributed by atoms with Gasteiger partial charge in [0.1, 0.15) is 0 Å². The standard InChI is InChI=1S/C21H21N3O/c1-20(2)17-11-10-14-13-23-24(15-8-6-5-7-9-15)18(14)21(17,3)12-16(22-4)19(20)25/h5-9,12-13,17H,10-11H2,1-3H3/t17-,21-/m0/s1. The minimum Gasteiger partial charge on any atom is -0.307 e. The van der Waals surface area contributed by atoms with Gasteiger partial charge in [0.05, 0.1) is 24.2 Å². The van der Waals surface area contributed by atoms with Crippen LogP contribution in [0, 0.1) is 17.9 Å². The topological polar surface area (TPSA) is 39.2 Å². The number of hydrogen-bond acceptors (Lipinski definition) is 2.